The average Bonchev–Trinajstić information content (AvgIpc) is 2.36. The Morgan fingerprint density at radius 1 is 1.05 bits per heavy atom. The van der Waals surface area contributed by atoms with E-state index in [-0.39, 0.29) is 5.75 Å². The first-order valence-corrected chi connectivity index (χ1v) is 5.78. The van der Waals surface area contributed by atoms with Crippen LogP contribution in [0.4, 0.5) is 0 Å². The Balaban J connectivity index is 2.31. The second kappa shape index (κ2) is 5.26. The molecule has 0 saturated heterocycles. The molecule has 0 spiro atoms. The summed E-state index contributed by atoms with van der Waals surface area (Å²) >= 11 is 0. The van der Waals surface area contributed by atoms with Crippen molar-refractivity contribution in [2.45, 2.75) is 18.6 Å². The monoisotopic (exact) mass is 262 g/mol. The molecule has 0 aliphatic carbocycles. The number of benzene rings is 2. The van der Waals surface area contributed by atoms with Crippen LogP contribution in [0.2, 0.25) is 0 Å². The van der Waals surface area contributed by atoms with Crippen molar-refractivity contribution >= 4 is 16.7 Å². The van der Waals surface area contributed by atoms with Crippen LogP contribution in [-0.2, 0) is 4.79 Å². The number of carboxylic acid groups (broad SMARTS) is 1. The van der Waals surface area contributed by atoms with Crippen LogP contribution < -0.4 is 0 Å². The molecule has 2 aromatic carbocycles. The standard InChI is InChI=1S/C14H14O5/c15-11-4-3-8-1-2-9(5-10(8)6-11)14(19)12(16)7-13(17)18/h1-6,12,14-16,19H,7H2,(H,17,18). The van der Waals surface area contributed by atoms with Crippen molar-refractivity contribution in [1.82, 2.24) is 0 Å². The highest BCUT2D eigenvalue weighted by Crippen LogP contribution is 2.26. The normalized spacial score (nSPS) is 14.2. The fourth-order valence-electron chi connectivity index (χ4n) is 1.95. The fraction of sp³-hybridized carbons (Fsp3) is 0.214. The lowest BCUT2D eigenvalue weighted by Crippen LogP contribution is -2.21. The van der Waals surface area contributed by atoms with Crippen LogP contribution in [0, 0.1) is 0 Å². The number of fused-ring (bicyclic) bond motifs is 1. The van der Waals surface area contributed by atoms with E-state index in [9.17, 15) is 20.1 Å². The van der Waals surface area contributed by atoms with Crippen LogP contribution >= 0.6 is 0 Å². The predicted molar refractivity (Wildman–Crippen MR) is 68.8 cm³/mol. The summed E-state index contributed by atoms with van der Waals surface area (Å²) in [5.41, 5.74) is 0.409. The van der Waals surface area contributed by atoms with Crippen molar-refractivity contribution in [2.75, 3.05) is 0 Å². The highest BCUT2D eigenvalue weighted by atomic mass is 16.4. The number of rotatable bonds is 4. The minimum Gasteiger partial charge on any atom is -0.508 e. The summed E-state index contributed by atoms with van der Waals surface area (Å²) in [6.45, 7) is 0. The molecule has 0 amide bonds. The van der Waals surface area contributed by atoms with E-state index < -0.39 is 24.6 Å². The van der Waals surface area contributed by atoms with Crippen molar-refractivity contribution < 1.29 is 25.2 Å². The SMILES string of the molecule is O=C(O)CC(O)C(O)c1ccc2ccc(O)cc2c1. The van der Waals surface area contributed by atoms with E-state index in [2.05, 4.69) is 0 Å². The number of aliphatic carboxylic acids is 1. The lowest BCUT2D eigenvalue weighted by Gasteiger charge is -2.17. The minimum atomic E-state index is -1.37. The Bertz CT molecular complexity index is 608. The zero-order valence-corrected chi connectivity index (χ0v) is 10.0. The molecular formula is C14H14O5. The maximum atomic E-state index is 10.5. The molecule has 0 radical (unpaired) electrons. The van der Waals surface area contributed by atoms with Crippen LogP contribution in [0.25, 0.3) is 10.8 Å². The van der Waals surface area contributed by atoms with Crippen molar-refractivity contribution in [3.05, 3.63) is 42.0 Å². The fourth-order valence-corrected chi connectivity index (χ4v) is 1.95. The number of aliphatic hydroxyl groups excluding tert-OH is 2. The number of hydrogen-bond acceptors (Lipinski definition) is 4. The van der Waals surface area contributed by atoms with E-state index in [1.54, 1.807) is 30.3 Å². The molecule has 0 aromatic heterocycles. The third-order valence-corrected chi connectivity index (χ3v) is 2.94. The van der Waals surface area contributed by atoms with Crippen molar-refractivity contribution in [3.63, 3.8) is 0 Å². The van der Waals surface area contributed by atoms with Gasteiger partial charge in [0.25, 0.3) is 0 Å². The van der Waals surface area contributed by atoms with Crippen LogP contribution in [0.3, 0.4) is 0 Å². The van der Waals surface area contributed by atoms with Gasteiger partial charge in [-0.05, 0) is 34.5 Å². The second-order valence-corrected chi connectivity index (χ2v) is 4.40. The third-order valence-electron chi connectivity index (χ3n) is 2.94. The number of aliphatic hydroxyl groups is 2. The molecule has 0 aliphatic rings. The zero-order valence-electron chi connectivity index (χ0n) is 10.0. The van der Waals surface area contributed by atoms with Crippen molar-refractivity contribution in [1.29, 1.82) is 0 Å². The summed E-state index contributed by atoms with van der Waals surface area (Å²) in [7, 11) is 0. The topological polar surface area (TPSA) is 98.0 Å². The molecule has 0 fully saturated rings. The summed E-state index contributed by atoms with van der Waals surface area (Å²) in [5, 5.41) is 39.0. The molecule has 5 nitrogen and oxygen atoms in total. The first kappa shape index (κ1) is 13.3. The van der Waals surface area contributed by atoms with Crippen molar-refractivity contribution in [2.24, 2.45) is 0 Å². The highest BCUT2D eigenvalue weighted by molar-refractivity contribution is 5.84. The number of hydrogen-bond donors (Lipinski definition) is 4. The number of phenols is 1. The maximum Gasteiger partial charge on any atom is 0.306 e. The molecule has 0 aliphatic heterocycles. The maximum absolute atomic E-state index is 10.5. The minimum absolute atomic E-state index is 0.102. The van der Waals surface area contributed by atoms with Gasteiger partial charge in [-0.1, -0.05) is 18.2 Å². The van der Waals surface area contributed by atoms with Gasteiger partial charge in [0.05, 0.1) is 12.5 Å². The molecular weight excluding hydrogens is 248 g/mol. The average molecular weight is 262 g/mol. The van der Waals surface area contributed by atoms with Gasteiger partial charge >= 0.3 is 5.97 Å². The molecule has 19 heavy (non-hydrogen) atoms. The van der Waals surface area contributed by atoms with Gasteiger partial charge in [-0.2, -0.15) is 0 Å². The van der Waals surface area contributed by atoms with Crippen LogP contribution in [-0.4, -0.2) is 32.5 Å². The van der Waals surface area contributed by atoms with Crippen molar-refractivity contribution in [3.8, 4) is 5.75 Å². The lowest BCUT2D eigenvalue weighted by molar-refractivity contribution is -0.141. The molecule has 100 valence electrons. The summed E-state index contributed by atoms with van der Waals surface area (Å²) in [6.07, 6.45) is -3.17. The van der Waals surface area contributed by atoms with Crippen LogP contribution in [0.15, 0.2) is 36.4 Å². The largest absolute Gasteiger partial charge is 0.508 e. The van der Waals surface area contributed by atoms with Gasteiger partial charge in [0.15, 0.2) is 0 Å². The van der Waals surface area contributed by atoms with Gasteiger partial charge in [0.2, 0.25) is 0 Å². The molecule has 2 atom stereocenters. The Kier molecular flexibility index (Phi) is 3.69. The van der Waals surface area contributed by atoms with E-state index in [1.165, 1.54) is 6.07 Å². The number of phenolic OH excluding ortho intramolecular Hbond substituents is 1. The number of aromatic hydroxyl groups is 1. The zero-order chi connectivity index (χ0) is 14.0. The molecule has 0 bridgehead atoms. The molecule has 5 heteroatoms. The van der Waals surface area contributed by atoms with Gasteiger partial charge < -0.3 is 20.4 Å². The number of carbonyl (C=O) groups is 1. The smallest absolute Gasteiger partial charge is 0.306 e. The van der Waals surface area contributed by atoms with Gasteiger partial charge in [-0.15, -0.1) is 0 Å². The predicted octanol–water partition coefficient (Wildman–Crippen LogP) is 1.41. The summed E-state index contributed by atoms with van der Waals surface area (Å²) in [6, 6.07) is 9.79. The van der Waals surface area contributed by atoms with Gasteiger partial charge in [-0.25, -0.2) is 0 Å². The quantitative estimate of drug-likeness (QED) is 0.668. The van der Waals surface area contributed by atoms with E-state index in [0.29, 0.717) is 10.9 Å². The van der Waals surface area contributed by atoms with E-state index in [0.717, 1.165) is 5.39 Å². The molecule has 4 N–H and O–H groups in total. The molecule has 2 unspecified atom stereocenters. The summed E-state index contributed by atoms with van der Waals surface area (Å²) < 4.78 is 0. The third kappa shape index (κ3) is 3.01. The second-order valence-electron chi connectivity index (χ2n) is 4.40. The summed E-state index contributed by atoms with van der Waals surface area (Å²) in [4.78, 5) is 10.5. The lowest BCUT2D eigenvalue weighted by atomic mass is 9.99. The highest BCUT2D eigenvalue weighted by Gasteiger charge is 2.21. The van der Waals surface area contributed by atoms with E-state index >= 15 is 0 Å². The summed E-state index contributed by atoms with van der Waals surface area (Å²) in [5.74, 6) is -1.07. The molecule has 2 rings (SSSR count). The first-order chi connectivity index (χ1) is 8.97. The Labute approximate surface area is 109 Å². The molecule has 0 saturated carbocycles. The molecule has 0 heterocycles. The van der Waals surface area contributed by atoms with Crippen LogP contribution in [0.5, 0.6) is 5.75 Å². The van der Waals surface area contributed by atoms with E-state index in [1.807, 2.05) is 0 Å². The van der Waals surface area contributed by atoms with Crippen LogP contribution in [0.1, 0.15) is 18.1 Å². The molecule has 2 aromatic rings. The first-order valence-electron chi connectivity index (χ1n) is 5.78. The Morgan fingerprint density at radius 2 is 1.74 bits per heavy atom. The van der Waals surface area contributed by atoms with Gasteiger partial charge in [-0.3, -0.25) is 4.79 Å². The Morgan fingerprint density at radius 3 is 2.42 bits per heavy atom. The number of carboxylic acids is 1. The van der Waals surface area contributed by atoms with Gasteiger partial charge in [0.1, 0.15) is 11.9 Å². The van der Waals surface area contributed by atoms with E-state index in [4.69, 9.17) is 5.11 Å². The van der Waals surface area contributed by atoms with Gasteiger partial charge in [0, 0.05) is 0 Å². The Hall–Kier alpha value is -2.11.